The van der Waals surface area contributed by atoms with Crippen molar-refractivity contribution in [2.45, 2.75) is 0 Å². The third-order valence-corrected chi connectivity index (χ3v) is 3.10. The standard InChI is InChI=1S/C10H9FN2O2S/c1-13(15-2)10(14)9-12-7-4-3-6(11)5-8(7)16-9/h3-5H,1-2H3. The molecule has 2 aromatic rings. The van der Waals surface area contributed by atoms with Crippen LogP contribution in [-0.4, -0.2) is 30.1 Å². The molecule has 0 aliphatic heterocycles. The first-order valence-corrected chi connectivity index (χ1v) is 5.31. The summed E-state index contributed by atoms with van der Waals surface area (Å²) in [6.45, 7) is 0. The van der Waals surface area contributed by atoms with Crippen molar-refractivity contribution < 1.29 is 14.0 Å². The number of nitrogens with zero attached hydrogens (tertiary/aromatic N) is 2. The van der Waals surface area contributed by atoms with Crippen molar-refractivity contribution in [3.05, 3.63) is 29.0 Å². The second kappa shape index (κ2) is 4.15. The third-order valence-electron chi connectivity index (χ3n) is 2.09. The summed E-state index contributed by atoms with van der Waals surface area (Å²) in [5.74, 6) is -0.681. The zero-order valence-corrected chi connectivity index (χ0v) is 9.55. The second-order valence-electron chi connectivity index (χ2n) is 3.12. The van der Waals surface area contributed by atoms with Gasteiger partial charge in [-0.05, 0) is 18.2 Å². The Kier molecular flexibility index (Phi) is 2.84. The van der Waals surface area contributed by atoms with Crippen molar-refractivity contribution in [3.63, 3.8) is 0 Å². The number of halogens is 1. The van der Waals surface area contributed by atoms with Crippen LogP contribution in [0.4, 0.5) is 4.39 Å². The highest BCUT2D eigenvalue weighted by molar-refractivity contribution is 7.20. The molecule has 4 nitrogen and oxygen atoms in total. The number of carbonyl (C=O) groups is 1. The predicted molar refractivity (Wildman–Crippen MR) is 58.7 cm³/mol. The topological polar surface area (TPSA) is 42.4 Å². The van der Waals surface area contributed by atoms with Gasteiger partial charge in [0.15, 0.2) is 5.01 Å². The van der Waals surface area contributed by atoms with Crippen LogP contribution in [0.2, 0.25) is 0 Å². The number of aromatic nitrogens is 1. The summed E-state index contributed by atoms with van der Waals surface area (Å²) in [6.07, 6.45) is 0. The third kappa shape index (κ3) is 1.89. The van der Waals surface area contributed by atoms with Crippen LogP contribution in [0.5, 0.6) is 0 Å². The number of rotatable bonds is 2. The highest BCUT2D eigenvalue weighted by Crippen LogP contribution is 2.23. The van der Waals surface area contributed by atoms with E-state index in [4.69, 9.17) is 4.84 Å². The van der Waals surface area contributed by atoms with Crippen LogP contribution in [0.25, 0.3) is 10.2 Å². The maximum absolute atomic E-state index is 12.9. The highest BCUT2D eigenvalue weighted by atomic mass is 32.1. The summed E-state index contributed by atoms with van der Waals surface area (Å²) < 4.78 is 13.6. The molecule has 0 spiro atoms. The summed E-state index contributed by atoms with van der Waals surface area (Å²) in [6, 6.07) is 4.22. The van der Waals surface area contributed by atoms with Gasteiger partial charge in [0.1, 0.15) is 5.82 Å². The van der Waals surface area contributed by atoms with Gasteiger partial charge in [-0.15, -0.1) is 11.3 Å². The Morgan fingerprint density at radius 3 is 3.00 bits per heavy atom. The van der Waals surface area contributed by atoms with E-state index in [2.05, 4.69) is 4.98 Å². The van der Waals surface area contributed by atoms with Crippen LogP contribution in [-0.2, 0) is 4.84 Å². The van der Waals surface area contributed by atoms with E-state index < -0.39 is 0 Å². The van der Waals surface area contributed by atoms with Gasteiger partial charge in [-0.3, -0.25) is 9.63 Å². The minimum Gasteiger partial charge on any atom is -0.274 e. The van der Waals surface area contributed by atoms with Gasteiger partial charge in [0.05, 0.1) is 17.3 Å². The molecule has 0 aliphatic carbocycles. The minimum absolute atomic E-state index is 0.282. The minimum atomic E-state index is -0.343. The molecule has 0 atom stereocenters. The van der Waals surface area contributed by atoms with Crippen molar-refractivity contribution in [3.8, 4) is 0 Å². The fourth-order valence-corrected chi connectivity index (χ4v) is 2.17. The summed E-state index contributed by atoms with van der Waals surface area (Å²) in [7, 11) is 2.89. The lowest BCUT2D eigenvalue weighted by atomic mass is 10.3. The molecule has 0 saturated heterocycles. The molecule has 6 heteroatoms. The molecule has 1 aromatic carbocycles. The molecular formula is C10H9FN2O2S. The van der Waals surface area contributed by atoms with Crippen molar-refractivity contribution in [1.82, 2.24) is 10.0 Å². The lowest BCUT2D eigenvalue weighted by Gasteiger charge is -2.10. The Morgan fingerprint density at radius 2 is 2.31 bits per heavy atom. The Balaban J connectivity index is 2.43. The maximum Gasteiger partial charge on any atom is 0.306 e. The van der Waals surface area contributed by atoms with Gasteiger partial charge in [-0.2, -0.15) is 0 Å². The highest BCUT2D eigenvalue weighted by Gasteiger charge is 2.16. The Hall–Kier alpha value is -1.53. The van der Waals surface area contributed by atoms with E-state index in [0.29, 0.717) is 10.2 Å². The van der Waals surface area contributed by atoms with E-state index in [1.807, 2.05) is 0 Å². The summed E-state index contributed by atoms with van der Waals surface area (Å²) in [5, 5.41) is 1.36. The van der Waals surface area contributed by atoms with Crippen molar-refractivity contribution in [2.75, 3.05) is 14.2 Å². The van der Waals surface area contributed by atoms with Gasteiger partial charge >= 0.3 is 5.91 Å². The normalized spacial score (nSPS) is 10.7. The SMILES string of the molecule is CON(C)C(=O)c1nc2ccc(F)cc2s1. The van der Waals surface area contributed by atoms with E-state index in [1.54, 1.807) is 6.07 Å². The summed E-state index contributed by atoms with van der Waals surface area (Å²) in [4.78, 5) is 20.6. The van der Waals surface area contributed by atoms with Crippen LogP contribution in [0.3, 0.4) is 0 Å². The molecular weight excluding hydrogens is 231 g/mol. The molecule has 1 heterocycles. The fraction of sp³-hybridized carbons (Fsp3) is 0.200. The van der Waals surface area contributed by atoms with Crippen molar-refractivity contribution in [2.24, 2.45) is 0 Å². The lowest BCUT2D eigenvalue weighted by Crippen LogP contribution is -2.25. The summed E-state index contributed by atoms with van der Waals surface area (Å²) in [5.41, 5.74) is 0.610. The Bertz CT molecular complexity index is 541. The second-order valence-corrected chi connectivity index (χ2v) is 4.15. The number of hydrogen-bond donors (Lipinski definition) is 0. The first-order chi connectivity index (χ1) is 7.61. The van der Waals surface area contributed by atoms with Crippen molar-refractivity contribution in [1.29, 1.82) is 0 Å². The van der Waals surface area contributed by atoms with Crippen molar-refractivity contribution >= 4 is 27.5 Å². The molecule has 0 aliphatic rings. The zero-order valence-electron chi connectivity index (χ0n) is 8.73. The maximum atomic E-state index is 12.9. The molecule has 0 bridgehead atoms. The van der Waals surface area contributed by atoms with E-state index in [1.165, 1.54) is 26.3 Å². The van der Waals surface area contributed by atoms with Gasteiger partial charge < -0.3 is 0 Å². The number of carbonyl (C=O) groups excluding carboxylic acids is 1. The number of benzene rings is 1. The number of hydroxylamine groups is 2. The van der Waals surface area contributed by atoms with Crippen LogP contribution in [0.15, 0.2) is 18.2 Å². The predicted octanol–water partition coefficient (Wildman–Crippen LogP) is 2.07. The number of amides is 1. The van der Waals surface area contributed by atoms with Gasteiger partial charge in [0.2, 0.25) is 0 Å². The summed E-state index contributed by atoms with van der Waals surface area (Å²) >= 11 is 1.14. The molecule has 0 unspecified atom stereocenters. The smallest absolute Gasteiger partial charge is 0.274 e. The molecule has 1 aromatic heterocycles. The van der Waals surface area contributed by atoms with Crippen LogP contribution < -0.4 is 0 Å². The molecule has 0 saturated carbocycles. The molecule has 2 rings (SSSR count). The van der Waals surface area contributed by atoms with Gasteiger partial charge in [0.25, 0.3) is 0 Å². The van der Waals surface area contributed by atoms with E-state index in [-0.39, 0.29) is 16.7 Å². The van der Waals surface area contributed by atoms with Crippen LogP contribution in [0, 0.1) is 5.82 Å². The molecule has 16 heavy (non-hydrogen) atoms. The monoisotopic (exact) mass is 240 g/mol. The van der Waals surface area contributed by atoms with Gasteiger partial charge in [0, 0.05) is 7.05 Å². The van der Waals surface area contributed by atoms with Crippen LogP contribution >= 0.6 is 11.3 Å². The first-order valence-electron chi connectivity index (χ1n) is 4.50. The first kappa shape index (κ1) is 11.0. The zero-order chi connectivity index (χ0) is 11.7. The molecule has 0 radical (unpaired) electrons. The average molecular weight is 240 g/mol. The number of fused-ring (bicyclic) bond motifs is 1. The molecule has 0 N–H and O–H groups in total. The van der Waals surface area contributed by atoms with Crippen LogP contribution in [0.1, 0.15) is 9.80 Å². The number of thiazole rings is 1. The average Bonchev–Trinajstić information content (AvgIpc) is 2.69. The number of hydrogen-bond acceptors (Lipinski definition) is 4. The van der Waals surface area contributed by atoms with E-state index >= 15 is 0 Å². The molecule has 0 fully saturated rings. The fourth-order valence-electron chi connectivity index (χ4n) is 1.21. The molecule has 1 amide bonds. The lowest BCUT2D eigenvalue weighted by molar-refractivity contribution is -0.0756. The van der Waals surface area contributed by atoms with Gasteiger partial charge in [-0.1, -0.05) is 0 Å². The molecule has 84 valence electrons. The Labute approximate surface area is 95.2 Å². The van der Waals surface area contributed by atoms with E-state index in [9.17, 15) is 9.18 Å². The van der Waals surface area contributed by atoms with E-state index in [0.717, 1.165) is 16.4 Å². The Morgan fingerprint density at radius 1 is 1.56 bits per heavy atom. The van der Waals surface area contributed by atoms with Gasteiger partial charge in [-0.25, -0.2) is 14.4 Å². The quantitative estimate of drug-likeness (QED) is 0.755. The largest absolute Gasteiger partial charge is 0.306 e.